The molecular weight excluding hydrogens is 438 g/mol. The summed E-state index contributed by atoms with van der Waals surface area (Å²) < 4.78 is 5.31. The van der Waals surface area contributed by atoms with Crippen LogP contribution in [-0.2, 0) is 14.3 Å². The summed E-state index contributed by atoms with van der Waals surface area (Å²) >= 11 is 4.29. The van der Waals surface area contributed by atoms with Crippen molar-refractivity contribution in [1.82, 2.24) is 15.5 Å². The number of nitrogens with zero attached hydrogens (tertiary/aromatic N) is 1. The number of carbonyl (C=O) groups excluding carboxylic acids is 3. The van der Waals surface area contributed by atoms with Gasteiger partial charge in [0.25, 0.3) is 0 Å². The molecule has 0 aliphatic heterocycles. The van der Waals surface area contributed by atoms with Crippen LogP contribution in [0.4, 0.5) is 4.79 Å². The second-order valence-electron chi connectivity index (χ2n) is 10.2. The third-order valence-corrected chi connectivity index (χ3v) is 5.17. The number of rotatable bonds is 7. The number of nitrogens with one attached hydrogen (secondary N) is 2. The van der Waals surface area contributed by atoms with Crippen LogP contribution in [0.2, 0.25) is 0 Å². The van der Waals surface area contributed by atoms with Gasteiger partial charge in [0.05, 0.1) is 0 Å². The maximum atomic E-state index is 13.7. The van der Waals surface area contributed by atoms with Crippen LogP contribution >= 0.6 is 12.6 Å². The lowest BCUT2D eigenvalue weighted by molar-refractivity contribution is -0.143. The van der Waals surface area contributed by atoms with E-state index in [0.29, 0.717) is 11.1 Å². The smallest absolute Gasteiger partial charge is 0.408 e. The molecule has 33 heavy (non-hydrogen) atoms. The van der Waals surface area contributed by atoms with Crippen molar-refractivity contribution in [3.63, 3.8) is 0 Å². The summed E-state index contributed by atoms with van der Waals surface area (Å²) in [5.41, 5.74) is -0.133. The van der Waals surface area contributed by atoms with Crippen LogP contribution in [0.5, 0.6) is 0 Å². The first kappa shape index (κ1) is 26.6. The topological polar surface area (TPSA) is 87.7 Å². The van der Waals surface area contributed by atoms with Gasteiger partial charge >= 0.3 is 6.09 Å². The molecule has 1 aromatic carbocycles. The average Bonchev–Trinajstić information content (AvgIpc) is 3.51. The molecular formula is C25H35N3O4S. The van der Waals surface area contributed by atoms with E-state index in [1.807, 2.05) is 20.8 Å². The summed E-state index contributed by atoms with van der Waals surface area (Å²) in [6.45, 7) is 10.8. The molecule has 0 spiro atoms. The van der Waals surface area contributed by atoms with E-state index in [2.05, 4.69) is 29.2 Å². The molecule has 1 aromatic rings. The summed E-state index contributed by atoms with van der Waals surface area (Å²) in [5.74, 6) is 1.94. The van der Waals surface area contributed by atoms with E-state index in [0.717, 1.165) is 12.8 Å². The van der Waals surface area contributed by atoms with Crippen molar-refractivity contribution < 1.29 is 19.1 Å². The van der Waals surface area contributed by atoms with Gasteiger partial charge in [-0.2, -0.15) is 12.6 Å². The van der Waals surface area contributed by atoms with Gasteiger partial charge in [-0.05, 0) is 66.0 Å². The third-order valence-electron chi connectivity index (χ3n) is 4.80. The molecule has 0 bridgehead atoms. The van der Waals surface area contributed by atoms with E-state index >= 15 is 0 Å². The second-order valence-corrected chi connectivity index (χ2v) is 10.6. The lowest BCUT2D eigenvalue weighted by Crippen LogP contribution is -2.56. The lowest BCUT2D eigenvalue weighted by atomic mass is 9.96. The molecule has 2 N–H and O–H groups in total. The van der Waals surface area contributed by atoms with Gasteiger partial charge in [-0.15, -0.1) is 6.42 Å². The van der Waals surface area contributed by atoms with Gasteiger partial charge < -0.3 is 20.3 Å². The van der Waals surface area contributed by atoms with E-state index in [4.69, 9.17) is 11.2 Å². The minimum absolute atomic E-state index is 0.0473. The Kier molecular flexibility index (Phi) is 8.47. The fourth-order valence-electron chi connectivity index (χ4n) is 3.41. The number of carbonyl (C=O) groups is 3. The first-order valence-corrected chi connectivity index (χ1v) is 11.7. The summed E-state index contributed by atoms with van der Waals surface area (Å²) in [6.07, 6.45) is 6.52. The minimum Gasteiger partial charge on any atom is -0.444 e. The maximum absolute atomic E-state index is 13.7. The van der Waals surface area contributed by atoms with Gasteiger partial charge in [-0.3, -0.25) is 9.59 Å². The lowest BCUT2D eigenvalue weighted by Gasteiger charge is -2.36. The molecule has 2 rings (SSSR count). The van der Waals surface area contributed by atoms with E-state index in [1.54, 1.807) is 49.9 Å². The highest BCUT2D eigenvalue weighted by molar-refractivity contribution is 7.80. The first-order valence-electron chi connectivity index (χ1n) is 11.1. The number of alkyl carbamates (subject to hydrolysis) is 1. The van der Waals surface area contributed by atoms with Crippen molar-refractivity contribution in [2.75, 3.05) is 5.75 Å². The molecule has 1 fully saturated rings. The normalized spacial score (nSPS) is 15.6. The zero-order valence-corrected chi connectivity index (χ0v) is 21.2. The Hall–Kier alpha value is -2.66. The molecule has 1 aliphatic carbocycles. The van der Waals surface area contributed by atoms with Crippen molar-refractivity contribution in [3.05, 3.63) is 35.4 Å². The maximum Gasteiger partial charge on any atom is 0.408 e. The van der Waals surface area contributed by atoms with Gasteiger partial charge in [0.1, 0.15) is 17.7 Å². The van der Waals surface area contributed by atoms with Crippen LogP contribution in [0.25, 0.3) is 0 Å². The summed E-state index contributed by atoms with van der Waals surface area (Å²) in [7, 11) is 0. The molecule has 7 nitrogen and oxygen atoms in total. The quantitative estimate of drug-likeness (QED) is 0.418. The molecule has 1 aliphatic rings. The highest BCUT2D eigenvalue weighted by Gasteiger charge is 2.44. The predicted octanol–water partition coefficient (Wildman–Crippen LogP) is 3.44. The van der Waals surface area contributed by atoms with Crippen LogP contribution in [0.1, 0.15) is 71.6 Å². The Labute approximate surface area is 202 Å². The zero-order valence-electron chi connectivity index (χ0n) is 20.3. The number of terminal acetylenes is 1. The molecule has 0 heterocycles. The van der Waals surface area contributed by atoms with Crippen molar-refractivity contribution in [2.45, 2.75) is 83.6 Å². The molecule has 3 amide bonds. The number of hydrogen-bond acceptors (Lipinski definition) is 5. The van der Waals surface area contributed by atoms with Crippen LogP contribution < -0.4 is 10.6 Å². The third kappa shape index (κ3) is 7.71. The van der Waals surface area contributed by atoms with Crippen molar-refractivity contribution >= 4 is 30.5 Å². The molecule has 8 heteroatoms. The number of amides is 3. The van der Waals surface area contributed by atoms with Gasteiger partial charge in [-0.1, -0.05) is 24.1 Å². The summed E-state index contributed by atoms with van der Waals surface area (Å²) in [5, 5.41) is 5.59. The fourth-order valence-corrected chi connectivity index (χ4v) is 3.66. The Morgan fingerprint density at radius 3 is 2.27 bits per heavy atom. The van der Waals surface area contributed by atoms with Gasteiger partial charge in [-0.25, -0.2) is 4.79 Å². The highest BCUT2D eigenvalue weighted by atomic mass is 32.1. The van der Waals surface area contributed by atoms with Gasteiger partial charge in [0.15, 0.2) is 0 Å². The number of hydrogen-bond donors (Lipinski definition) is 3. The standard InChI is InChI=1S/C25H35N3O4S/c1-8-16-11-9-10-12-18(16)20(21(29)27-24(2,3)4)28(17-13-14-17)22(30)19(15-33)26-23(31)32-25(5,6)7/h1,9-12,17,19-20,33H,13-15H2,2-7H3,(H,26,31)(H,27,29). The second kappa shape index (κ2) is 10.5. The van der Waals surface area contributed by atoms with Gasteiger partial charge in [0, 0.05) is 22.9 Å². The number of thiol groups is 1. The Morgan fingerprint density at radius 2 is 1.79 bits per heavy atom. The molecule has 0 saturated heterocycles. The molecule has 2 unspecified atom stereocenters. The largest absolute Gasteiger partial charge is 0.444 e. The SMILES string of the molecule is C#Cc1ccccc1C(C(=O)NC(C)(C)C)N(C(=O)C(CS)NC(=O)OC(C)(C)C)C1CC1. The summed E-state index contributed by atoms with van der Waals surface area (Å²) in [6, 6.07) is 5.05. The van der Waals surface area contributed by atoms with Crippen LogP contribution in [-0.4, -0.2) is 51.8 Å². The number of ether oxygens (including phenoxy) is 1. The van der Waals surface area contributed by atoms with Gasteiger partial charge in [0.2, 0.25) is 11.8 Å². The van der Waals surface area contributed by atoms with Crippen LogP contribution in [0, 0.1) is 12.3 Å². The Balaban J connectivity index is 2.46. The average molecular weight is 474 g/mol. The van der Waals surface area contributed by atoms with Crippen LogP contribution in [0.15, 0.2) is 24.3 Å². The summed E-state index contributed by atoms with van der Waals surface area (Å²) in [4.78, 5) is 41.1. The van der Waals surface area contributed by atoms with Crippen molar-refractivity contribution in [3.8, 4) is 12.3 Å². The molecule has 0 aromatic heterocycles. The monoisotopic (exact) mass is 473 g/mol. The van der Waals surface area contributed by atoms with Crippen molar-refractivity contribution in [1.29, 1.82) is 0 Å². The van der Waals surface area contributed by atoms with Crippen molar-refractivity contribution in [2.24, 2.45) is 0 Å². The minimum atomic E-state index is -0.966. The van der Waals surface area contributed by atoms with Crippen LogP contribution in [0.3, 0.4) is 0 Å². The molecule has 1 saturated carbocycles. The van der Waals surface area contributed by atoms with E-state index < -0.39 is 35.2 Å². The van der Waals surface area contributed by atoms with E-state index in [1.165, 1.54) is 0 Å². The molecule has 180 valence electrons. The predicted molar refractivity (Wildman–Crippen MR) is 132 cm³/mol. The van der Waals surface area contributed by atoms with E-state index in [-0.39, 0.29) is 17.7 Å². The molecule has 0 radical (unpaired) electrons. The zero-order chi connectivity index (χ0) is 25.0. The highest BCUT2D eigenvalue weighted by Crippen LogP contribution is 2.37. The van der Waals surface area contributed by atoms with E-state index in [9.17, 15) is 14.4 Å². The number of benzene rings is 1. The molecule has 2 atom stereocenters. The fraction of sp³-hybridized carbons (Fsp3) is 0.560. The Bertz CT molecular complexity index is 923. The first-order chi connectivity index (χ1) is 15.3. The Morgan fingerprint density at radius 1 is 1.18 bits per heavy atom.